The summed E-state index contributed by atoms with van der Waals surface area (Å²) in [5, 5.41) is 2.02. The van der Waals surface area contributed by atoms with E-state index in [1.54, 1.807) is 18.6 Å². The molecule has 0 amide bonds. The van der Waals surface area contributed by atoms with Crippen LogP contribution in [0.4, 0.5) is 11.4 Å². The third-order valence-corrected chi connectivity index (χ3v) is 6.39. The van der Waals surface area contributed by atoms with Crippen molar-refractivity contribution in [1.82, 2.24) is 9.91 Å². The van der Waals surface area contributed by atoms with Crippen LogP contribution in [0.1, 0.15) is 25.7 Å². The van der Waals surface area contributed by atoms with Gasteiger partial charge in [0.25, 0.3) is 0 Å². The zero-order valence-corrected chi connectivity index (χ0v) is 19.8. The summed E-state index contributed by atoms with van der Waals surface area (Å²) >= 11 is 0. The van der Waals surface area contributed by atoms with E-state index in [-0.39, 0.29) is 5.82 Å². The van der Waals surface area contributed by atoms with Crippen molar-refractivity contribution in [2.24, 2.45) is 25.7 Å². The van der Waals surface area contributed by atoms with Gasteiger partial charge in [0.05, 0.1) is 30.7 Å². The van der Waals surface area contributed by atoms with Crippen LogP contribution in [-0.4, -0.2) is 80.6 Å². The van der Waals surface area contributed by atoms with Crippen LogP contribution in [-0.2, 0) is 0 Å². The highest BCUT2D eigenvalue weighted by Crippen LogP contribution is 2.27. The number of anilines is 2. The number of piperazine rings is 1. The smallest absolute Gasteiger partial charge is 0.141 e. The standard InChI is InChI=1S/C25H35N9/c1-27-25(26)19-29-10-9-22-20-34(14-13-28-11-12-30-22)31-21-5-7-24(8-6-21)33-17-15-32(16-18-33)23-3-2-4-23/h5-8,10-12,19-20,23,31H,1-4,9,13-18,26H2/b22-20?,25-19-,28-11?,29-10?,30-12?. The van der Waals surface area contributed by atoms with E-state index in [4.69, 9.17) is 5.73 Å². The highest BCUT2D eigenvalue weighted by atomic mass is 15.5. The van der Waals surface area contributed by atoms with E-state index in [2.05, 4.69) is 66.2 Å². The number of nitrogens with two attached hydrogens (primary N) is 1. The molecule has 2 heterocycles. The van der Waals surface area contributed by atoms with Gasteiger partial charge in [-0.05, 0) is 43.8 Å². The van der Waals surface area contributed by atoms with Crippen molar-refractivity contribution in [2.45, 2.75) is 31.7 Å². The topological polar surface area (TPSA) is 97.2 Å². The van der Waals surface area contributed by atoms with Gasteiger partial charge in [-0.3, -0.25) is 30.3 Å². The molecule has 0 unspecified atom stereocenters. The van der Waals surface area contributed by atoms with Crippen molar-refractivity contribution in [3.05, 3.63) is 48.2 Å². The average Bonchev–Trinajstić information content (AvgIpc) is 2.94. The molecular weight excluding hydrogens is 426 g/mol. The molecule has 4 rings (SSSR count). The van der Waals surface area contributed by atoms with Gasteiger partial charge in [0.15, 0.2) is 0 Å². The molecular formula is C25H35N9. The van der Waals surface area contributed by atoms with Gasteiger partial charge in [0.2, 0.25) is 0 Å². The number of nitrogens with zero attached hydrogens (tertiary/aromatic N) is 7. The zero-order valence-electron chi connectivity index (χ0n) is 19.8. The van der Waals surface area contributed by atoms with Crippen LogP contribution in [0.2, 0.25) is 0 Å². The van der Waals surface area contributed by atoms with E-state index in [0.29, 0.717) is 13.0 Å². The molecule has 2 aliphatic heterocycles. The third kappa shape index (κ3) is 6.77. The third-order valence-electron chi connectivity index (χ3n) is 6.39. The number of allylic oxidation sites excluding steroid dienone is 1. The molecule has 3 N–H and O–H groups in total. The van der Waals surface area contributed by atoms with Crippen LogP contribution in [0.15, 0.2) is 68.2 Å². The highest BCUT2D eigenvalue weighted by Gasteiger charge is 2.27. The summed E-state index contributed by atoms with van der Waals surface area (Å²) in [4.78, 5) is 21.8. The van der Waals surface area contributed by atoms with E-state index < -0.39 is 0 Å². The summed E-state index contributed by atoms with van der Waals surface area (Å²) in [6.07, 6.45) is 13.4. The highest BCUT2D eigenvalue weighted by molar-refractivity contribution is 6.16. The maximum Gasteiger partial charge on any atom is 0.141 e. The van der Waals surface area contributed by atoms with E-state index in [9.17, 15) is 0 Å². The molecule has 0 aromatic heterocycles. The molecule has 1 aromatic carbocycles. The monoisotopic (exact) mass is 461 g/mol. The minimum atomic E-state index is 0.280. The van der Waals surface area contributed by atoms with Crippen LogP contribution >= 0.6 is 0 Å². The molecule has 0 atom stereocenters. The number of hydrogen-bond acceptors (Lipinski definition) is 9. The predicted octanol–water partition coefficient (Wildman–Crippen LogP) is 2.91. The summed E-state index contributed by atoms with van der Waals surface area (Å²) in [5.41, 5.74) is 12.2. The Morgan fingerprint density at radius 1 is 1.12 bits per heavy atom. The van der Waals surface area contributed by atoms with Gasteiger partial charge in [0.1, 0.15) is 5.82 Å². The maximum atomic E-state index is 5.58. The number of benzene rings is 1. The lowest BCUT2D eigenvalue weighted by Gasteiger charge is -2.43. The molecule has 180 valence electrons. The Morgan fingerprint density at radius 2 is 1.91 bits per heavy atom. The van der Waals surface area contributed by atoms with Crippen LogP contribution in [0, 0.1) is 0 Å². The van der Waals surface area contributed by atoms with Crippen molar-refractivity contribution >= 4 is 36.7 Å². The van der Waals surface area contributed by atoms with Crippen LogP contribution < -0.4 is 16.1 Å². The van der Waals surface area contributed by atoms with E-state index in [0.717, 1.165) is 37.1 Å². The summed E-state index contributed by atoms with van der Waals surface area (Å²) in [6, 6.07) is 9.52. The second-order valence-corrected chi connectivity index (χ2v) is 8.66. The fourth-order valence-electron chi connectivity index (χ4n) is 4.21. The van der Waals surface area contributed by atoms with Gasteiger partial charge in [-0.1, -0.05) is 6.42 Å². The Morgan fingerprint density at radius 3 is 2.62 bits per heavy atom. The molecule has 3 aliphatic rings. The van der Waals surface area contributed by atoms with Crippen LogP contribution in [0.5, 0.6) is 0 Å². The number of aliphatic imine (C=N–C) groups is 4. The maximum absolute atomic E-state index is 5.58. The molecule has 1 aromatic rings. The lowest BCUT2D eigenvalue weighted by atomic mass is 9.91. The molecule has 1 saturated heterocycles. The van der Waals surface area contributed by atoms with Crippen LogP contribution in [0.25, 0.3) is 0 Å². The number of hydrogen-bond donors (Lipinski definition) is 2. The molecule has 1 saturated carbocycles. The minimum absolute atomic E-state index is 0.280. The first kappa shape index (κ1) is 23.7. The van der Waals surface area contributed by atoms with Gasteiger partial charge in [-0.2, -0.15) is 0 Å². The number of hydrazine groups is 1. The summed E-state index contributed by atoms with van der Waals surface area (Å²) in [5.74, 6) is 0.280. The zero-order chi connectivity index (χ0) is 23.6. The van der Waals surface area contributed by atoms with Crippen molar-refractivity contribution in [1.29, 1.82) is 0 Å². The number of nitrogens with one attached hydrogen (secondary N) is 1. The van der Waals surface area contributed by atoms with Gasteiger partial charge >= 0.3 is 0 Å². The first-order chi connectivity index (χ1) is 16.7. The first-order valence-electron chi connectivity index (χ1n) is 12.0. The van der Waals surface area contributed by atoms with Gasteiger partial charge in [-0.25, -0.2) is 4.99 Å². The number of rotatable bonds is 8. The Balaban J connectivity index is 1.35. The lowest BCUT2D eigenvalue weighted by Crippen LogP contribution is -2.52. The lowest BCUT2D eigenvalue weighted by molar-refractivity contribution is 0.120. The normalized spacial score (nSPS) is 20.5. The summed E-state index contributed by atoms with van der Waals surface area (Å²) < 4.78 is 0. The molecule has 9 heteroatoms. The SMILES string of the molecule is C=N/C(N)=C\N=CCC1=CN(Nc2ccc(N3CCN(C4CCC4)CC3)cc2)CCN=CC=N1. The second kappa shape index (κ2) is 12.1. The van der Waals surface area contributed by atoms with Crippen molar-refractivity contribution in [3.63, 3.8) is 0 Å². The molecule has 0 radical (unpaired) electrons. The largest absolute Gasteiger partial charge is 0.382 e. The van der Waals surface area contributed by atoms with E-state index in [1.807, 2.05) is 11.2 Å². The fraction of sp³-hybridized carbons (Fsp3) is 0.440. The Labute approximate surface area is 202 Å². The predicted molar refractivity (Wildman–Crippen MR) is 143 cm³/mol. The van der Waals surface area contributed by atoms with Crippen molar-refractivity contribution in [2.75, 3.05) is 49.6 Å². The summed E-state index contributed by atoms with van der Waals surface area (Å²) in [6.45, 7) is 9.30. The van der Waals surface area contributed by atoms with Gasteiger partial charge in [0, 0.05) is 69.2 Å². The molecule has 34 heavy (non-hydrogen) atoms. The summed E-state index contributed by atoms with van der Waals surface area (Å²) in [7, 11) is 0. The molecule has 9 nitrogen and oxygen atoms in total. The second-order valence-electron chi connectivity index (χ2n) is 8.66. The van der Waals surface area contributed by atoms with Crippen LogP contribution in [0.3, 0.4) is 0 Å². The Kier molecular flexibility index (Phi) is 8.45. The van der Waals surface area contributed by atoms with Crippen molar-refractivity contribution < 1.29 is 0 Å². The first-order valence-corrected chi connectivity index (χ1v) is 12.0. The quantitative estimate of drug-likeness (QED) is 0.580. The molecule has 1 aliphatic carbocycles. The minimum Gasteiger partial charge on any atom is -0.382 e. The molecule has 2 fully saturated rings. The van der Waals surface area contributed by atoms with Gasteiger partial charge < -0.3 is 10.6 Å². The molecule has 0 bridgehead atoms. The van der Waals surface area contributed by atoms with E-state index >= 15 is 0 Å². The van der Waals surface area contributed by atoms with E-state index in [1.165, 1.54) is 44.2 Å². The Bertz CT molecular complexity index is 949. The molecule has 0 spiro atoms. The van der Waals surface area contributed by atoms with Crippen molar-refractivity contribution in [3.8, 4) is 0 Å². The van der Waals surface area contributed by atoms with Gasteiger partial charge in [-0.15, -0.1) is 0 Å². The average molecular weight is 462 g/mol. The Hall–Kier alpha value is -3.46. The fourth-order valence-corrected chi connectivity index (χ4v) is 4.21.